The van der Waals surface area contributed by atoms with Crippen molar-refractivity contribution in [3.05, 3.63) is 65.9 Å². The predicted molar refractivity (Wildman–Crippen MR) is 99.4 cm³/mol. The van der Waals surface area contributed by atoms with Crippen LogP contribution in [-0.4, -0.2) is 29.3 Å². The maximum Gasteiger partial charge on any atom is 0.247 e. The van der Waals surface area contributed by atoms with E-state index in [9.17, 15) is 0 Å². The number of hydrogen-bond donors (Lipinski definition) is 1. The van der Waals surface area contributed by atoms with Crippen LogP contribution in [0, 0.1) is 6.92 Å². The normalized spacial score (nSPS) is 10.4. The highest BCUT2D eigenvalue weighted by molar-refractivity contribution is 5.65. The van der Waals surface area contributed by atoms with E-state index in [1.165, 1.54) is 5.56 Å². The van der Waals surface area contributed by atoms with E-state index in [2.05, 4.69) is 32.6 Å². The Morgan fingerprint density at radius 1 is 1.12 bits per heavy atom. The van der Waals surface area contributed by atoms with Gasteiger partial charge in [-0.05, 0) is 30.2 Å². The van der Waals surface area contributed by atoms with Crippen LogP contribution in [0.15, 0.2) is 54.7 Å². The molecule has 3 rings (SSSR count). The number of nitrogens with one attached hydrogen (secondary N) is 1. The number of rotatable bonds is 6. The minimum atomic E-state index is 0.556. The summed E-state index contributed by atoms with van der Waals surface area (Å²) in [6.07, 6.45) is 1.60. The van der Waals surface area contributed by atoms with Gasteiger partial charge in [-0.3, -0.25) is 0 Å². The lowest BCUT2D eigenvalue weighted by Crippen LogP contribution is -2.20. The number of anilines is 3. The van der Waals surface area contributed by atoms with E-state index >= 15 is 0 Å². The Labute approximate surface area is 147 Å². The Balaban J connectivity index is 1.79. The first-order chi connectivity index (χ1) is 12.2. The van der Waals surface area contributed by atoms with Gasteiger partial charge in [0.05, 0.1) is 19.0 Å². The van der Waals surface area contributed by atoms with Gasteiger partial charge in [0, 0.05) is 13.6 Å². The molecule has 0 saturated carbocycles. The van der Waals surface area contributed by atoms with Crippen LogP contribution in [0.4, 0.5) is 17.5 Å². The second-order valence-electron chi connectivity index (χ2n) is 5.81. The van der Waals surface area contributed by atoms with Gasteiger partial charge in [-0.25, -0.2) is 0 Å². The summed E-state index contributed by atoms with van der Waals surface area (Å²) in [6.45, 7) is 2.74. The van der Waals surface area contributed by atoms with Gasteiger partial charge in [-0.2, -0.15) is 10.1 Å². The third-order valence-corrected chi connectivity index (χ3v) is 3.77. The van der Waals surface area contributed by atoms with Gasteiger partial charge in [0.25, 0.3) is 0 Å². The zero-order valence-corrected chi connectivity index (χ0v) is 14.6. The minimum absolute atomic E-state index is 0.556. The summed E-state index contributed by atoms with van der Waals surface area (Å²) < 4.78 is 5.39. The van der Waals surface area contributed by atoms with Crippen molar-refractivity contribution in [2.75, 3.05) is 24.4 Å². The number of aromatic nitrogens is 3. The van der Waals surface area contributed by atoms with Crippen molar-refractivity contribution in [3.63, 3.8) is 0 Å². The Kier molecular flexibility index (Phi) is 5.09. The van der Waals surface area contributed by atoms with Crippen LogP contribution in [0.1, 0.15) is 11.1 Å². The first-order valence-electron chi connectivity index (χ1n) is 8.02. The molecule has 0 amide bonds. The molecule has 1 aromatic heterocycles. The van der Waals surface area contributed by atoms with Crippen LogP contribution < -0.4 is 15.0 Å². The van der Waals surface area contributed by atoms with Crippen molar-refractivity contribution in [1.82, 2.24) is 15.2 Å². The largest absolute Gasteiger partial charge is 0.495 e. The summed E-state index contributed by atoms with van der Waals surface area (Å²) in [7, 11) is 3.59. The number of benzene rings is 2. The maximum absolute atomic E-state index is 5.39. The Morgan fingerprint density at radius 2 is 1.92 bits per heavy atom. The molecular formula is C19H21N5O. The van der Waals surface area contributed by atoms with Crippen molar-refractivity contribution in [2.24, 2.45) is 0 Å². The monoisotopic (exact) mass is 335 g/mol. The molecule has 0 bridgehead atoms. The molecule has 0 fully saturated rings. The topological polar surface area (TPSA) is 63.2 Å². The molecule has 25 heavy (non-hydrogen) atoms. The van der Waals surface area contributed by atoms with Crippen molar-refractivity contribution < 1.29 is 4.74 Å². The van der Waals surface area contributed by atoms with E-state index in [-0.39, 0.29) is 0 Å². The van der Waals surface area contributed by atoms with Gasteiger partial charge in [0.2, 0.25) is 5.95 Å². The smallest absolute Gasteiger partial charge is 0.247 e. The number of methoxy groups -OCH3 is 1. The summed E-state index contributed by atoms with van der Waals surface area (Å²) in [5.41, 5.74) is 3.17. The SMILES string of the molecule is COc1ccc(C)cc1Nc1cnnc(N(C)Cc2ccccc2)n1. The average molecular weight is 335 g/mol. The lowest BCUT2D eigenvalue weighted by molar-refractivity contribution is 0.416. The molecule has 0 aliphatic heterocycles. The van der Waals surface area contributed by atoms with E-state index in [0.717, 1.165) is 17.0 Å². The highest BCUT2D eigenvalue weighted by Crippen LogP contribution is 2.28. The molecule has 0 saturated heterocycles. The van der Waals surface area contributed by atoms with Crippen LogP contribution in [0.2, 0.25) is 0 Å². The number of hydrogen-bond acceptors (Lipinski definition) is 6. The molecule has 128 valence electrons. The highest BCUT2D eigenvalue weighted by atomic mass is 16.5. The van der Waals surface area contributed by atoms with Gasteiger partial charge in [0.15, 0.2) is 5.82 Å². The van der Waals surface area contributed by atoms with Crippen LogP contribution in [0.25, 0.3) is 0 Å². The second-order valence-corrected chi connectivity index (χ2v) is 5.81. The summed E-state index contributed by atoms with van der Waals surface area (Å²) in [4.78, 5) is 6.51. The lowest BCUT2D eigenvalue weighted by Gasteiger charge is -2.17. The number of nitrogens with zero attached hydrogens (tertiary/aromatic N) is 4. The molecule has 1 N–H and O–H groups in total. The van der Waals surface area contributed by atoms with Gasteiger partial charge in [0.1, 0.15) is 5.75 Å². The molecular weight excluding hydrogens is 314 g/mol. The standard InChI is InChI=1S/C19H21N5O/c1-14-9-10-17(25-3)16(11-14)21-18-12-20-23-19(22-18)24(2)13-15-7-5-4-6-8-15/h4-12H,13H2,1-3H3,(H,21,22,23). The van der Waals surface area contributed by atoms with Crippen molar-refractivity contribution in [2.45, 2.75) is 13.5 Å². The Morgan fingerprint density at radius 3 is 2.68 bits per heavy atom. The molecule has 0 radical (unpaired) electrons. The summed E-state index contributed by atoms with van der Waals surface area (Å²) in [5.74, 6) is 1.93. The zero-order valence-electron chi connectivity index (χ0n) is 14.6. The van der Waals surface area contributed by atoms with E-state index in [1.807, 2.05) is 55.3 Å². The van der Waals surface area contributed by atoms with E-state index in [1.54, 1.807) is 13.3 Å². The van der Waals surface area contributed by atoms with Crippen LogP contribution in [-0.2, 0) is 6.54 Å². The van der Waals surface area contributed by atoms with E-state index in [4.69, 9.17) is 4.74 Å². The second kappa shape index (κ2) is 7.61. The maximum atomic E-state index is 5.39. The number of ether oxygens (including phenoxy) is 1. The van der Waals surface area contributed by atoms with E-state index < -0.39 is 0 Å². The van der Waals surface area contributed by atoms with Crippen LogP contribution in [0.5, 0.6) is 5.75 Å². The number of aryl methyl sites for hydroxylation is 1. The lowest BCUT2D eigenvalue weighted by atomic mass is 10.2. The predicted octanol–water partition coefficient (Wildman–Crippen LogP) is 3.57. The summed E-state index contributed by atoms with van der Waals surface area (Å²) in [5, 5.41) is 11.5. The molecule has 6 nitrogen and oxygen atoms in total. The quantitative estimate of drug-likeness (QED) is 0.743. The third-order valence-electron chi connectivity index (χ3n) is 3.77. The average Bonchev–Trinajstić information content (AvgIpc) is 2.63. The fourth-order valence-corrected chi connectivity index (χ4v) is 2.50. The van der Waals surface area contributed by atoms with Crippen molar-refractivity contribution >= 4 is 17.5 Å². The fourth-order valence-electron chi connectivity index (χ4n) is 2.50. The minimum Gasteiger partial charge on any atom is -0.495 e. The summed E-state index contributed by atoms with van der Waals surface area (Å²) in [6, 6.07) is 16.1. The summed E-state index contributed by atoms with van der Waals surface area (Å²) >= 11 is 0. The molecule has 3 aromatic rings. The van der Waals surface area contributed by atoms with Gasteiger partial charge in [-0.1, -0.05) is 36.4 Å². The molecule has 0 spiro atoms. The molecule has 0 unspecified atom stereocenters. The van der Waals surface area contributed by atoms with Crippen LogP contribution >= 0.6 is 0 Å². The van der Waals surface area contributed by atoms with Gasteiger partial charge >= 0.3 is 0 Å². The molecule has 1 heterocycles. The molecule has 0 aliphatic rings. The molecule has 0 atom stereocenters. The van der Waals surface area contributed by atoms with E-state index in [0.29, 0.717) is 18.3 Å². The molecule has 2 aromatic carbocycles. The first kappa shape index (κ1) is 16.7. The van der Waals surface area contributed by atoms with Crippen molar-refractivity contribution in [3.8, 4) is 5.75 Å². The third kappa shape index (κ3) is 4.23. The van der Waals surface area contributed by atoms with Crippen molar-refractivity contribution in [1.29, 1.82) is 0 Å². The van der Waals surface area contributed by atoms with Gasteiger partial charge < -0.3 is 15.0 Å². The molecule has 0 aliphatic carbocycles. The highest BCUT2D eigenvalue weighted by Gasteiger charge is 2.09. The fraction of sp³-hybridized carbons (Fsp3) is 0.211. The van der Waals surface area contributed by atoms with Gasteiger partial charge in [-0.15, -0.1) is 5.10 Å². The Bertz CT molecular complexity index is 838. The zero-order chi connectivity index (χ0) is 17.6. The van der Waals surface area contributed by atoms with Crippen LogP contribution in [0.3, 0.4) is 0 Å². The first-order valence-corrected chi connectivity index (χ1v) is 8.02. The Hall–Kier alpha value is -3.15. The molecule has 6 heteroatoms.